The van der Waals surface area contributed by atoms with Gasteiger partial charge in [0.1, 0.15) is 0 Å². The minimum Gasteiger partial charge on any atom is -0.311 e. The smallest absolute Gasteiger partial charge is 0.0193 e. The molecule has 0 spiro atoms. The van der Waals surface area contributed by atoms with Gasteiger partial charge in [0.05, 0.1) is 0 Å². The molecular weight excluding hydrogens is 134 g/mol. The predicted molar refractivity (Wildman–Crippen MR) is 47.6 cm³/mol. The summed E-state index contributed by atoms with van der Waals surface area (Å²) in [5.41, 5.74) is 0.542. The Morgan fingerprint density at radius 3 is 2.27 bits per heavy atom. The van der Waals surface area contributed by atoms with Crippen molar-refractivity contribution in [2.45, 2.75) is 51.0 Å². The number of hydrogen-bond acceptors (Lipinski definition) is 1. The van der Waals surface area contributed by atoms with Crippen molar-refractivity contribution in [3.63, 3.8) is 0 Å². The van der Waals surface area contributed by atoms with Crippen molar-refractivity contribution in [2.24, 2.45) is 5.92 Å². The maximum Gasteiger partial charge on any atom is 0.0193 e. The first-order valence-corrected chi connectivity index (χ1v) is 5.06. The van der Waals surface area contributed by atoms with Crippen LogP contribution in [0.15, 0.2) is 0 Å². The van der Waals surface area contributed by atoms with Gasteiger partial charge in [-0.25, -0.2) is 0 Å². The Balaban J connectivity index is 1.91. The lowest BCUT2D eigenvalue weighted by atomic mass is 9.71. The van der Waals surface area contributed by atoms with Gasteiger partial charge in [0, 0.05) is 5.54 Å². The van der Waals surface area contributed by atoms with Crippen LogP contribution in [0.3, 0.4) is 0 Å². The van der Waals surface area contributed by atoms with Crippen molar-refractivity contribution in [1.82, 2.24) is 5.32 Å². The Morgan fingerprint density at radius 1 is 1.18 bits per heavy atom. The summed E-state index contributed by atoms with van der Waals surface area (Å²) >= 11 is 0. The van der Waals surface area contributed by atoms with Crippen LogP contribution in [0.2, 0.25) is 0 Å². The van der Waals surface area contributed by atoms with Crippen LogP contribution in [0.4, 0.5) is 0 Å². The molecule has 0 aromatic rings. The molecule has 1 heteroatoms. The lowest BCUT2D eigenvalue weighted by Crippen LogP contribution is -2.59. The van der Waals surface area contributed by atoms with Gasteiger partial charge in [0.25, 0.3) is 0 Å². The summed E-state index contributed by atoms with van der Waals surface area (Å²) < 4.78 is 0. The van der Waals surface area contributed by atoms with Crippen molar-refractivity contribution in [2.75, 3.05) is 6.54 Å². The molecule has 0 radical (unpaired) electrons. The Hall–Kier alpha value is -0.0400. The summed E-state index contributed by atoms with van der Waals surface area (Å²) in [5, 5.41) is 3.59. The molecule has 1 aliphatic carbocycles. The third kappa shape index (κ3) is 1.31. The molecule has 1 nitrogen and oxygen atoms in total. The fraction of sp³-hybridized carbons (Fsp3) is 1.00. The monoisotopic (exact) mass is 153 g/mol. The van der Waals surface area contributed by atoms with Crippen LogP contribution in [-0.2, 0) is 0 Å². The zero-order valence-electron chi connectivity index (χ0n) is 7.53. The predicted octanol–water partition coefficient (Wildman–Crippen LogP) is 2.32. The largest absolute Gasteiger partial charge is 0.311 e. The zero-order valence-corrected chi connectivity index (χ0v) is 7.53. The first kappa shape index (κ1) is 7.60. The fourth-order valence-electron chi connectivity index (χ4n) is 2.61. The van der Waals surface area contributed by atoms with Crippen molar-refractivity contribution in [3.8, 4) is 0 Å². The average Bonchev–Trinajstić information content (AvgIpc) is 2.02. The van der Waals surface area contributed by atoms with Crippen LogP contribution in [0.5, 0.6) is 0 Å². The lowest BCUT2D eigenvalue weighted by molar-refractivity contribution is 0.108. The fourth-order valence-corrected chi connectivity index (χ4v) is 2.61. The van der Waals surface area contributed by atoms with Crippen molar-refractivity contribution < 1.29 is 0 Å². The minimum atomic E-state index is 0.542. The Bertz CT molecular complexity index is 132. The van der Waals surface area contributed by atoms with E-state index in [0.717, 1.165) is 5.92 Å². The van der Waals surface area contributed by atoms with Gasteiger partial charge in [-0.05, 0) is 38.6 Å². The molecule has 0 aromatic heterocycles. The van der Waals surface area contributed by atoms with E-state index in [-0.39, 0.29) is 0 Å². The molecule has 1 unspecified atom stereocenters. The third-order valence-electron chi connectivity index (χ3n) is 3.68. The molecule has 0 bridgehead atoms. The first-order chi connectivity index (χ1) is 5.31. The highest BCUT2D eigenvalue weighted by atomic mass is 15.0. The normalized spacial score (nSPS) is 40.1. The SMILES string of the molecule is CC1(C2CCCCC2)CCN1. The second-order valence-corrected chi connectivity index (χ2v) is 4.43. The highest BCUT2D eigenvalue weighted by Gasteiger charge is 2.39. The molecule has 1 aliphatic heterocycles. The summed E-state index contributed by atoms with van der Waals surface area (Å²) in [6.07, 6.45) is 8.79. The van der Waals surface area contributed by atoms with Gasteiger partial charge in [0.2, 0.25) is 0 Å². The molecule has 2 fully saturated rings. The molecule has 1 heterocycles. The highest BCUT2D eigenvalue weighted by molar-refractivity contribution is 4.98. The van der Waals surface area contributed by atoms with E-state index in [4.69, 9.17) is 0 Å². The molecule has 1 saturated carbocycles. The molecule has 0 amide bonds. The quantitative estimate of drug-likeness (QED) is 0.609. The van der Waals surface area contributed by atoms with Crippen LogP contribution in [-0.4, -0.2) is 12.1 Å². The summed E-state index contributed by atoms with van der Waals surface area (Å²) in [4.78, 5) is 0. The standard InChI is InChI=1S/C10H19N/c1-10(7-8-11-10)9-5-3-2-4-6-9/h9,11H,2-8H2,1H3. The van der Waals surface area contributed by atoms with Gasteiger partial charge in [-0.2, -0.15) is 0 Å². The van der Waals surface area contributed by atoms with E-state index in [2.05, 4.69) is 12.2 Å². The summed E-state index contributed by atoms with van der Waals surface area (Å²) in [5.74, 6) is 0.991. The molecule has 0 aromatic carbocycles. The third-order valence-corrected chi connectivity index (χ3v) is 3.68. The molecule has 1 atom stereocenters. The van der Waals surface area contributed by atoms with Gasteiger partial charge >= 0.3 is 0 Å². The Kier molecular flexibility index (Phi) is 1.92. The average molecular weight is 153 g/mol. The summed E-state index contributed by atoms with van der Waals surface area (Å²) in [6.45, 7) is 3.67. The molecule has 11 heavy (non-hydrogen) atoms. The number of nitrogens with one attached hydrogen (secondary N) is 1. The lowest BCUT2D eigenvalue weighted by Gasteiger charge is -2.48. The van der Waals surface area contributed by atoms with E-state index in [9.17, 15) is 0 Å². The van der Waals surface area contributed by atoms with Crippen molar-refractivity contribution in [1.29, 1.82) is 0 Å². The van der Waals surface area contributed by atoms with Crippen LogP contribution in [0.1, 0.15) is 45.4 Å². The van der Waals surface area contributed by atoms with Gasteiger partial charge in [-0.1, -0.05) is 19.3 Å². The van der Waals surface area contributed by atoms with E-state index in [1.165, 1.54) is 45.1 Å². The van der Waals surface area contributed by atoms with E-state index in [0.29, 0.717) is 5.54 Å². The van der Waals surface area contributed by atoms with Gasteiger partial charge in [0.15, 0.2) is 0 Å². The van der Waals surface area contributed by atoms with E-state index in [1.54, 1.807) is 0 Å². The zero-order chi connectivity index (χ0) is 7.73. The minimum absolute atomic E-state index is 0.542. The van der Waals surface area contributed by atoms with Crippen LogP contribution < -0.4 is 5.32 Å². The highest BCUT2D eigenvalue weighted by Crippen LogP contribution is 2.37. The van der Waals surface area contributed by atoms with Crippen LogP contribution >= 0.6 is 0 Å². The maximum atomic E-state index is 3.59. The Morgan fingerprint density at radius 2 is 1.82 bits per heavy atom. The number of rotatable bonds is 1. The van der Waals surface area contributed by atoms with Gasteiger partial charge < -0.3 is 5.32 Å². The van der Waals surface area contributed by atoms with Crippen molar-refractivity contribution in [3.05, 3.63) is 0 Å². The van der Waals surface area contributed by atoms with E-state index in [1.807, 2.05) is 0 Å². The molecular formula is C10H19N. The second kappa shape index (κ2) is 2.78. The van der Waals surface area contributed by atoms with E-state index < -0.39 is 0 Å². The van der Waals surface area contributed by atoms with Gasteiger partial charge in [-0.3, -0.25) is 0 Å². The molecule has 1 N–H and O–H groups in total. The van der Waals surface area contributed by atoms with Crippen LogP contribution in [0, 0.1) is 5.92 Å². The first-order valence-electron chi connectivity index (χ1n) is 5.06. The summed E-state index contributed by atoms with van der Waals surface area (Å²) in [6, 6.07) is 0. The van der Waals surface area contributed by atoms with E-state index >= 15 is 0 Å². The maximum absolute atomic E-state index is 3.59. The number of hydrogen-bond donors (Lipinski definition) is 1. The molecule has 1 saturated heterocycles. The summed E-state index contributed by atoms with van der Waals surface area (Å²) in [7, 11) is 0. The molecule has 2 aliphatic rings. The van der Waals surface area contributed by atoms with Crippen LogP contribution in [0.25, 0.3) is 0 Å². The van der Waals surface area contributed by atoms with Crippen molar-refractivity contribution >= 4 is 0 Å². The topological polar surface area (TPSA) is 12.0 Å². The Labute approximate surface area is 69.6 Å². The van der Waals surface area contributed by atoms with Gasteiger partial charge in [-0.15, -0.1) is 0 Å². The molecule has 2 rings (SSSR count). The second-order valence-electron chi connectivity index (χ2n) is 4.43. The molecule has 64 valence electrons.